The number of amides is 1. The van der Waals surface area contributed by atoms with Crippen molar-refractivity contribution in [2.45, 2.75) is 12.5 Å². The minimum Gasteiger partial charge on any atom is -0.464 e. The molecule has 2 fully saturated rings. The van der Waals surface area contributed by atoms with Crippen LogP contribution < -0.4 is 5.73 Å². The van der Waals surface area contributed by atoms with Gasteiger partial charge in [-0.25, -0.2) is 0 Å². The SMILES string of the molecule is N[C@@H](CCN1CC2CN(C(=O)c3cccc4occc34)CC2C1)c1ccccc1. The van der Waals surface area contributed by atoms with Gasteiger partial charge in [0.25, 0.3) is 5.91 Å². The molecule has 1 amide bonds. The molecule has 2 unspecified atom stereocenters. The number of rotatable bonds is 5. The summed E-state index contributed by atoms with van der Waals surface area (Å²) in [6.45, 7) is 4.83. The van der Waals surface area contributed by atoms with Crippen molar-refractivity contribution in [2.75, 3.05) is 32.7 Å². The molecule has 0 radical (unpaired) electrons. The van der Waals surface area contributed by atoms with E-state index in [0.717, 1.165) is 55.7 Å². The molecule has 2 aliphatic rings. The first-order chi connectivity index (χ1) is 14.2. The highest BCUT2D eigenvalue weighted by Crippen LogP contribution is 2.33. The lowest BCUT2D eigenvalue weighted by Gasteiger charge is -2.23. The van der Waals surface area contributed by atoms with Crippen molar-refractivity contribution in [3.05, 3.63) is 72.0 Å². The molecule has 5 heteroatoms. The Hall–Kier alpha value is -2.63. The van der Waals surface area contributed by atoms with Gasteiger partial charge in [0.05, 0.1) is 11.8 Å². The van der Waals surface area contributed by atoms with Crippen molar-refractivity contribution in [1.29, 1.82) is 0 Å². The van der Waals surface area contributed by atoms with Gasteiger partial charge in [0.15, 0.2) is 0 Å². The van der Waals surface area contributed by atoms with Crippen molar-refractivity contribution in [3.8, 4) is 0 Å². The smallest absolute Gasteiger partial charge is 0.254 e. The van der Waals surface area contributed by atoms with Gasteiger partial charge in [-0.2, -0.15) is 0 Å². The molecule has 2 saturated heterocycles. The lowest BCUT2D eigenvalue weighted by Crippen LogP contribution is -2.34. The zero-order valence-corrected chi connectivity index (χ0v) is 16.5. The van der Waals surface area contributed by atoms with Crippen LogP contribution in [0.5, 0.6) is 0 Å². The van der Waals surface area contributed by atoms with Gasteiger partial charge in [0.2, 0.25) is 0 Å². The molecular formula is C24H27N3O2. The van der Waals surface area contributed by atoms with Crippen molar-refractivity contribution < 1.29 is 9.21 Å². The van der Waals surface area contributed by atoms with E-state index >= 15 is 0 Å². The number of nitrogens with zero attached hydrogens (tertiary/aromatic N) is 2. The predicted molar refractivity (Wildman–Crippen MR) is 114 cm³/mol. The Morgan fingerprint density at radius 3 is 2.52 bits per heavy atom. The normalized spacial score (nSPS) is 22.9. The van der Waals surface area contributed by atoms with Crippen LogP contribution in [0.1, 0.15) is 28.4 Å². The number of carbonyl (C=O) groups excluding carboxylic acids is 1. The van der Waals surface area contributed by atoms with E-state index in [1.54, 1.807) is 6.26 Å². The number of furan rings is 1. The van der Waals surface area contributed by atoms with Crippen molar-refractivity contribution in [3.63, 3.8) is 0 Å². The van der Waals surface area contributed by atoms with Crippen LogP contribution in [0.3, 0.4) is 0 Å². The first-order valence-corrected chi connectivity index (χ1v) is 10.5. The zero-order chi connectivity index (χ0) is 19.8. The molecule has 2 aliphatic heterocycles. The number of hydrogen-bond acceptors (Lipinski definition) is 4. The number of carbonyl (C=O) groups is 1. The van der Waals surface area contributed by atoms with Crippen molar-refractivity contribution in [2.24, 2.45) is 17.6 Å². The number of fused-ring (bicyclic) bond motifs is 2. The summed E-state index contributed by atoms with van der Waals surface area (Å²) in [5.74, 6) is 1.26. The number of benzene rings is 2. The second kappa shape index (κ2) is 7.65. The van der Waals surface area contributed by atoms with E-state index in [9.17, 15) is 4.79 Å². The lowest BCUT2D eigenvalue weighted by molar-refractivity contribution is 0.0776. The summed E-state index contributed by atoms with van der Waals surface area (Å²) in [5, 5.41) is 0.908. The quantitative estimate of drug-likeness (QED) is 0.725. The van der Waals surface area contributed by atoms with E-state index in [2.05, 4.69) is 17.0 Å². The Morgan fingerprint density at radius 2 is 1.76 bits per heavy atom. The predicted octanol–water partition coefficient (Wildman–Crippen LogP) is 3.53. The lowest BCUT2D eigenvalue weighted by atomic mass is 10.0. The maximum Gasteiger partial charge on any atom is 0.254 e. The van der Waals surface area contributed by atoms with Gasteiger partial charge in [0.1, 0.15) is 5.58 Å². The minimum absolute atomic E-state index is 0.0881. The van der Waals surface area contributed by atoms with Gasteiger partial charge >= 0.3 is 0 Å². The fourth-order valence-electron chi connectivity index (χ4n) is 4.98. The molecule has 2 N–H and O–H groups in total. The van der Waals surface area contributed by atoms with Gasteiger partial charge in [-0.3, -0.25) is 4.79 Å². The first-order valence-electron chi connectivity index (χ1n) is 10.5. The molecule has 0 aliphatic carbocycles. The van der Waals surface area contributed by atoms with Crippen LogP contribution in [0, 0.1) is 11.8 Å². The van der Waals surface area contributed by atoms with Crippen molar-refractivity contribution in [1.82, 2.24) is 9.80 Å². The Balaban J connectivity index is 1.17. The van der Waals surface area contributed by atoms with Crippen LogP contribution in [0.25, 0.3) is 11.0 Å². The van der Waals surface area contributed by atoms with Gasteiger partial charge in [-0.1, -0.05) is 36.4 Å². The first kappa shape index (κ1) is 18.4. The summed E-state index contributed by atoms with van der Waals surface area (Å²) < 4.78 is 5.45. The average Bonchev–Trinajstić information content (AvgIpc) is 3.46. The molecule has 3 aromatic rings. The molecule has 5 rings (SSSR count). The Labute approximate surface area is 171 Å². The monoisotopic (exact) mass is 389 g/mol. The third-order valence-electron chi connectivity index (χ3n) is 6.56. The summed E-state index contributed by atoms with van der Waals surface area (Å²) in [6, 6.07) is 18.0. The van der Waals surface area contributed by atoms with Gasteiger partial charge < -0.3 is 20.0 Å². The highest BCUT2D eigenvalue weighted by molar-refractivity contribution is 6.06. The third kappa shape index (κ3) is 3.56. The maximum absolute atomic E-state index is 13.1. The van der Waals surface area contributed by atoms with E-state index in [-0.39, 0.29) is 11.9 Å². The fourth-order valence-corrected chi connectivity index (χ4v) is 4.98. The van der Waals surface area contributed by atoms with Crippen LogP contribution in [0.4, 0.5) is 0 Å². The summed E-state index contributed by atoms with van der Waals surface area (Å²) >= 11 is 0. The fraction of sp³-hybridized carbons (Fsp3) is 0.375. The molecule has 0 spiro atoms. The van der Waals surface area contributed by atoms with Gasteiger partial charge in [-0.15, -0.1) is 0 Å². The maximum atomic E-state index is 13.1. The molecule has 0 saturated carbocycles. The highest BCUT2D eigenvalue weighted by Gasteiger charge is 2.41. The molecule has 5 nitrogen and oxygen atoms in total. The standard InChI is InChI=1S/C24H27N3O2/c25-22(17-5-2-1-3-6-17)9-11-26-13-18-15-27(16-19(18)14-26)24(28)21-7-4-8-23-20(21)10-12-29-23/h1-8,10,12,18-19,22H,9,11,13-16,25H2/t18?,19?,22-/m0/s1. The number of hydrogen-bond donors (Lipinski definition) is 1. The average molecular weight is 389 g/mol. The van der Waals surface area contributed by atoms with Crippen LogP contribution in [-0.2, 0) is 0 Å². The second-order valence-corrected chi connectivity index (χ2v) is 8.43. The summed E-state index contributed by atoms with van der Waals surface area (Å²) in [6.07, 6.45) is 2.62. The molecule has 29 heavy (non-hydrogen) atoms. The van der Waals surface area contributed by atoms with E-state index in [1.165, 1.54) is 5.56 Å². The molecular weight excluding hydrogens is 362 g/mol. The van der Waals surface area contributed by atoms with Crippen LogP contribution in [-0.4, -0.2) is 48.4 Å². The number of nitrogens with two attached hydrogens (primary N) is 1. The Morgan fingerprint density at radius 1 is 1.00 bits per heavy atom. The molecule has 150 valence electrons. The van der Waals surface area contributed by atoms with Crippen molar-refractivity contribution >= 4 is 16.9 Å². The summed E-state index contributed by atoms with van der Waals surface area (Å²) in [4.78, 5) is 17.7. The van der Waals surface area contributed by atoms with Crippen LogP contribution >= 0.6 is 0 Å². The largest absolute Gasteiger partial charge is 0.464 e. The van der Waals surface area contributed by atoms with Gasteiger partial charge in [-0.05, 0) is 48.6 Å². The van der Waals surface area contributed by atoms with Crippen LogP contribution in [0.15, 0.2) is 65.3 Å². The third-order valence-corrected chi connectivity index (χ3v) is 6.56. The van der Waals surface area contributed by atoms with Gasteiger partial charge in [0, 0.05) is 37.6 Å². The summed E-state index contributed by atoms with van der Waals surface area (Å²) in [5.41, 5.74) is 9.10. The Kier molecular flexibility index (Phi) is 4.86. The highest BCUT2D eigenvalue weighted by atomic mass is 16.3. The topological polar surface area (TPSA) is 62.7 Å². The van der Waals surface area contributed by atoms with E-state index in [4.69, 9.17) is 10.2 Å². The zero-order valence-electron chi connectivity index (χ0n) is 16.5. The molecule has 3 heterocycles. The van der Waals surface area contributed by atoms with E-state index in [0.29, 0.717) is 11.8 Å². The van der Waals surface area contributed by atoms with E-state index in [1.807, 2.05) is 47.4 Å². The molecule has 3 atom stereocenters. The van der Waals surface area contributed by atoms with E-state index < -0.39 is 0 Å². The summed E-state index contributed by atoms with van der Waals surface area (Å²) in [7, 11) is 0. The Bertz CT molecular complexity index is 986. The minimum atomic E-state index is 0.0881. The second-order valence-electron chi connectivity index (χ2n) is 8.43. The molecule has 2 aromatic carbocycles. The molecule has 1 aromatic heterocycles. The number of likely N-dealkylation sites (tertiary alicyclic amines) is 2. The van der Waals surface area contributed by atoms with Crippen LogP contribution in [0.2, 0.25) is 0 Å². The molecule has 0 bridgehead atoms.